The van der Waals surface area contributed by atoms with Crippen molar-refractivity contribution in [2.24, 2.45) is 23.7 Å². The molecule has 4 heteroatoms. The van der Waals surface area contributed by atoms with E-state index in [-0.39, 0.29) is 24.4 Å². The Morgan fingerprint density at radius 2 is 1.29 bits per heavy atom. The fourth-order valence-electron chi connectivity index (χ4n) is 5.83. The molecule has 3 aliphatic carbocycles. The van der Waals surface area contributed by atoms with E-state index in [0.717, 1.165) is 70.6 Å². The molecule has 0 radical (unpaired) electrons. The van der Waals surface area contributed by atoms with Gasteiger partial charge in [0, 0.05) is 7.11 Å². The zero-order valence-electron chi connectivity index (χ0n) is 18.0. The Morgan fingerprint density at radius 1 is 0.750 bits per heavy atom. The summed E-state index contributed by atoms with van der Waals surface area (Å²) in [6.45, 7) is 0. The highest BCUT2D eigenvalue weighted by molar-refractivity contribution is 4.92. The number of hydrogen-bond donors (Lipinski definition) is 3. The lowest BCUT2D eigenvalue weighted by Gasteiger charge is -2.46. The quantitative estimate of drug-likeness (QED) is 0.665. The van der Waals surface area contributed by atoms with E-state index in [1.807, 2.05) is 0 Å². The molecule has 0 aromatic carbocycles. The van der Waals surface area contributed by atoms with Crippen molar-refractivity contribution in [2.75, 3.05) is 7.11 Å². The maximum atomic E-state index is 7.34. The lowest BCUT2D eigenvalue weighted by molar-refractivity contribution is -0.0755. The summed E-state index contributed by atoms with van der Waals surface area (Å²) in [7, 11) is 1.74. The minimum absolute atomic E-state index is 0.0181. The Labute approximate surface area is 151 Å². The molecule has 0 amide bonds. The summed E-state index contributed by atoms with van der Waals surface area (Å²) in [5, 5.41) is 14.6. The summed E-state index contributed by atoms with van der Waals surface area (Å²) in [4.78, 5) is 0. The van der Waals surface area contributed by atoms with Crippen LogP contribution in [0.3, 0.4) is 0 Å². The zero-order valence-corrected chi connectivity index (χ0v) is 15.0. The van der Waals surface area contributed by atoms with E-state index in [9.17, 15) is 0 Å². The van der Waals surface area contributed by atoms with Gasteiger partial charge in [-0.25, -0.2) is 0 Å². The molecule has 3 rings (SSSR count). The van der Waals surface area contributed by atoms with Crippen molar-refractivity contribution in [1.82, 2.24) is 0 Å². The molecule has 0 bridgehead atoms. The van der Waals surface area contributed by atoms with Gasteiger partial charge < -0.3 is 20.1 Å². The van der Waals surface area contributed by atoms with Gasteiger partial charge >= 0.3 is 0 Å². The topological polar surface area (TPSA) is 69.9 Å². The number of aliphatic hydroxyl groups excluding tert-OH is 3. The van der Waals surface area contributed by atoms with Gasteiger partial charge in [0.2, 0.25) is 4.29 Å². The highest BCUT2D eigenvalue weighted by Gasteiger charge is 2.42. The Balaban J connectivity index is 1.70. The molecule has 24 heavy (non-hydrogen) atoms. The molecule has 3 unspecified atom stereocenters. The highest BCUT2D eigenvalue weighted by Crippen LogP contribution is 2.47. The Bertz CT molecular complexity index is 401. The van der Waals surface area contributed by atoms with Crippen molar-refractivity contribution in [1.29, 1.82) is 4.29 Å². The molecular weight excluding hydrogens is 304 g/mol. The predicted molar refractivity (Wildman–Crippen MR) is 93.6 cm³/mol. The van der Waals surface area contributed by atoms with Crippen molar-refractivity contribution in [3.05, 3.63) is 0 Å². The first kappa shape index (κ1) is 15.0. The third kappa shape index (κ3) is 4.32. The second kappa shape index (κ2) is 8.48. The SMILES string of the molecule is [2H]OC1CCC(C(C2CCC(O[2H])CC2)C2CCC(O[2H])C(OC)C2)CC1. The van der Waals surface area contributed by atoms with E-state index < -0.39 is 0 Å². The largest absolute Gasteiger partial charge is 0.393 e. The summed E-state index contributed by atoms with van der Waals surface area (Å²) >= 11 is 0. The third-order valence-corrected chi connectivity index (χ3v) is 7.15. The average molecular weight is 344 g/mol. The second-order valence-electron chi connectivity index (χ2n) is 8.54. The van der Waals surface area contributed by atoms with Gasteiger partial charge in [0.05, 0.1) is 24.4 Å². The first-order valence-corrected chi connectivity index (χ1v) is 10.1. The van der Waals surface area contributed by atoms with Crippen molar-refractivity contribution < 1.29 is 20.1 Å². The number of aliphatic hydroxyl groups is 3. The Hall–Kier alpha value is -0.160. The van der Waals surface area contributed by atoms with Crippen LogP contribution in [0.5, 0.6) is 0 Å². The van der Waals surface area contributed by atoms with Crippen molar-refractivity contribution in [3.63, 3.8) is 0 Å². The molecule has 3 fully saturated rings. The zero-order chi connectivity index (χ0) is 19.2. The molecule has 4 nitrogen and oxygen atoms in total. The van der Waals surface area contributed by atoms with Gasteiger partial charge in [0.1, 0.15) is 0 Å². The van der Waals surface area contributed by atoms with Gasteiger partial charge in [0.25, 0.3) is 0 Å². The number of ether oxygens (including phenoxy) is 1. The molecule has 0 aromatic rings. The fourth-order valence-corrected chi connectivity index (χ4v) is 5.83. The molecule has 0 heterocycles. The van der Waals surface area contributed by atoms with Gasteiger partial charge in [-0.1, -0.05) is 0 Å². The van der Waals surface area contributed by atoms with Crippen molar-refractivity contribution in [3.8, 4) is 0 Å². The van der Waals surface area contributed by atoms with Gasteiger partial charge in [-0.3, -0.25) is 0 Å². The molecule has 140 valence electrons. The van der Waals surface area contributed by atoms with Crippen LogP contribution in [0, 0.1) is 23.7 Å². The molecule has 0 saturated heterocycles. The predicted octanol–water partition coefficient (Wildman–Crippen LogP) is 2.88. The summed E-state index contributed by atoms with van der Waals surface area (Å²) in [5.41, 5.74) is 0. The summed E-state index contributed by atoms with van der Waals surface area (Å²) in [6, 6.07) is 0. The van der Waals surface area contributed by atoms with Crippen LogP contribution in [0.4, 0.5) is 0 Å². The van der Waals surface area contributed by atoms with E-state index >= 15 is 0 Å². The minimum atomic E-state index is -0.105. The normalized spacial score (nSPS) is 47.4. The van der Waals surface area contributed by atoms with Crippen LogP contribution in [0.1, 0.15) is 70.6 Å². The summed E-state index contributed by atoms with van der Waals surface area (Å²) < 4.78 is 27.5. The number of rotatable bonds is 7. The van der Waals surface area contributed by atoms with E-state index in [1.54, 1.807) is 7.11 Å². The van der Waals surface area contributed by atoms with Gasteiger partial charge in [0.15, 0.2) is 0 Å². The van der Waals surface area contributed by atoms with Gasteiger partial charge in [-0.2, -0.15) is 0 Å². The van der Waals surface area contributed by atoms with E-state index in [4.69, 9.17) is 24.4 Å². The number of methoxy groups -OCH3 is 1. The van der Waals surface area contributed by atoms with Crippen LogP contribution in [0.15, 0.2) is 0 Å². The summed E-state index contributed by atoms with van der Waals surface area (Å²) in [5.74, 6) is 2.64. The van der Waals surface area contributed by atoms with Crippen LogP contribution in [-0.4, -0.2) is 51.1 Å². The van der Waals surface area contributed by atoms with Crippen molar-refractivity contribution in [2.45, 2.75) is 95.0 Å². The Kier molecular flexibility index (Phi) is 5.28. The Morgan fingerprint density at radius 3 is 1.75 bits per heavy atom. The minimum Gasteiger partial charge on any atom is -0.393 e. The third-order valence-electron chi connectivity index (χ3n) is 7.15. The average Bonchev–Trinajstić information content (AvgIpc) is 2.74. The molecule has 3 atom stereocenters. The molecule has 0 aliphatic heterocycles. The lowest BCUT2D eigenvalue weighted by atomic mass is 9.61. The molecular formula is C20H36O4. The van der Waals surface area contributed by atoms with Crippen LogP contribution < -0.4 is 0 Å². The summed E-state index contributed by atoms with van der Waals surface area (Å²) in [6.07, 6.45) is 11.7. The maximum absolute atomic E-state index is 7.34. The highest BCUT2D eigenvalue weighted by atomic mass is 16.5. The van der Waals surface area contributed by atoms with E-state index in [1.165, 1.54) is 0 Å². The first-order chi connectivity index (χ1) is 13.2. The molecule has 0 aromatic heterocycles. The fraction of sp³-hybridized carbons (Fsp3) is 1.00. The van der Waals surface area contributed by atoms with Gasteiger partial charge in [-0.15, -0.1) is 0 Å². The van der Waals surface area contributed by atoms with Crippen molar-refractivity contribution >= 4 is 0 Å². The van der Waals surface area contributed by atoms with Gasteiger partial charge in [-0.05, 0) is 94.3 Å². The van der Waals surface area contributed by atoms with Crippen LogP contribution in [-0.2, 0) is 4.74 Å². The number of hydrogen-bond acceptors (Lipinski definition) is 4. The molecule has 0 spiro atoms. The van der Waals surface area contributed by atoms with Crippen LogP contribution in [0.25, 0.3) is 0 Å². The standard InChI is InChI=1S/C20H36O4/c1-24-19-12-15(6-11-18(19)23)20(13-2-7-16(21)8-3-13)14-4-9-17(22)10-5-14/h13-23H,2-12H2,1H3/i21D,22D,23D. The monoisotopic (exact) mass is 343 g/mol. The molecule has 3 aliphatic rings. The molecule has 3 saturated carbocycles. The maximum Gasteiger partial charge on any atom is 0.211 e. The van der Waals surface area contributed by atoms with E-state index in [0.29, 0.717) is 23.7 Å². The van der Waals surface area contributed by atoms with E-state index in [2.05, 4.69) is 0 Å². The van der Waals surface area contributed by atoms with Crippen LogP contribution >= 0.6 is 0 Å². The lowest BCUT2D eigenvalue weighted by Crippen LogP contribution is -2.43. The first-order valence-electron chi connectivity index (χ1n) is 11.3. The molecule has 3 N–H and O–H groups in total. The second-order valence-corrected chi connectivity index (χ2v) is 8.54. The van der Waals surface area contributed by atoms with Crippen LogP contribution in [0.2, 0.25) is 0 Å². The smallest absolute Gasteiger partial charge is 0.211 e.